The van der Waals surface area contributed by atoms with Gasteiger partial charge in [0.05, 0.1) is 18.2 Å². The molecule has 110 valence electrons. The second kappa shape index (κ2) is 4.84. The van der Waals surface area contributed by atoms with Gasteiger partial charge in [-0.15, -0.1) is 0 Å². The van der Waals surface area contributed by atoms with Gasteiger partial charge in [0, 0.05) is 0 Å². The Bertz CT molecular complexity index is 1050. The normalized spacial score (nSPS) is 14.1. The Balaban J connectivity index is 1.98. The SMILES string of the molecule is COc1cccc(/C=c2\c(=O)[nH]c3nc4c(nn23)CCC=4)c1. The number of ether oxygens (including phenoxy) is 1. The predicted molar refractivity (Wildman–Crippen MR) is 82.2 cm³/mol. The number of nitrogens with zero attached hydrogens (tertiary/aromatic N) is 3. The van der Waals surface area contributed by atoms with E-state index in [-0.39, 0.29) is 5.56 Å². The Labute approximate surface area is 125 Å². The van der Waals surface area contributed by atoms with E-state index in [1.807, 2.05) is 30.3 Å². The lowest BCUT2D eigenvalue weighted by molar-refractivity contribution is 0.414. The first kappa shape index (κ1) is 12.8. The number of hydrogen-bond acceptors (Lipinski definition) is 4. The minimum atomic E-state index is -0.202. The molecule has 0 fully saturated rings. The fourth-order valence-corrected chi connectivity index (χ4v) is 2.66. The van der Waals surface area contributed by atoms with E-state index in [1.54, 1.807) is 17.7 Å². The standard InChI is InChI=1S/C16H14N4O2/c1-22-11-5-2-4-10(8-11)9-14-15(21)18-16-17-12-6-3-7-13(12)19-20(14)16/h2,4-6,8-9H,3,7H2,1H3,(H,17,18,21)/b14-9+. The summed E-state index contributed by atoms with van der Waals surface area (Å²) in [6.45, 7) is 0. The molecule has 0 saturated carbocycles. The smallest absolute Gasteiger partial charge is 0.276 e. The summed E-state index contributed by atoms with van der Waals surface area (Å²) in [4.78, 5) is 19.4. The zero-order chi connectivity index (χ0) is 15.1. The molecule has 22 heavy (non-hydrogen) atoms. The molecule has 1 N–H and O–H groups in total. The molecule has 2 aromatic heterocycles. The predicted octanol–water partition coefficient (Wildman–Crippen LogP) is -0.0183. The van der Waals surface area contributed by atoms with Crippen LogP contribution in [0.1, 0.15) is 17.7 Å². The fraction of sp³-hybridized carbons (Fsp3) is 0.188. The van der Waals surface area contributed by atoms with Gasteiger partial charge in [0.2, 0.25) is 5.78 Å². The van der Waals surface area contributed by atoms with Crippen molar-refractivity contribution in [2.45, 2.75) is 12.8 Å². The number of fused-ring (bicyclic) bond motifs is 2. The molecule has 0 aliphatic heterocycles. The van der Waals surface area contributed by atoms with Crippen LogP contribution in [-0.4, -0.2) is 26.7 Å². The van der Waals surface area contributed by atoms with Crippen LogP contribution in [0.5, 0.6) is 5.75 Å². The highest BCUT2D eigenvalue weighted by Gasteiger charge is 2.11. The van der Waals surface area contributed by atoms with E-state index in [9.17, 15) is 4.79 Å². The fourth-order valence-electron chi connectivity index (χ4n) is 2.66. The molecule has 1 aliphatic carbocycles. The third kappa shape index (κ3) is 2.00. The van der Waals surface area contributed by atoms with E-state index in [0.717, 1.165) is 35.2 Å². The third-order valence-electron chi connectivity index (χ3n) is 3.75. The summed E-state index contributed by atoms with van der Waals surface area (Å²) in [5, 5.41) is 5.88. The van der Waals surface area contributed by atoms with Gasteiger partial charge in [-0.25, -0.2) is 4.98 Å². The van der Waals surface area contributed by atoms with Crippen LogP contribution >= 0.6 is 0 Å². The van der Waals surface area contributed by atoms with E-state index < -0.39 is 0 Å². The molecule has 6 heteroatoms. The van der Waals surface area contributed by atoms with Gasteiger partial charge in [-0.3, -0.25) is 9.78 Å². The number of hydrogen-bond donors (Lipinski definition) is 1. The van der Waals surface area contributed by atoms with Crippen LogP contribution in [0.3, 0.4) is 0 Å². The number of aryl methyl sites for hydroxylation is 1. The average Bonchev–Trinajstić information content (AvgIpc) is 3.10. The molecule has 3 aromatic rings. The third-order valence-corrected chi connectivity index (χ3v) is 3.75. The van der Waals surface area contributed by atoms with Crippen molar-refractivity contribution in [1.29, 1.82) is 0 Å². The Kier molecular flexibility index (Phi) is 2.82. The van der Waals surface area contributed by atoms with E-state index in [1.165, 1.54) is 0 Å². The molecule has 0 spiro atoms. The monoisotopic (exact) mass is 294 g/mol. The molecule has 2 heterocycles. The first-order valence-corrected chi connectivity index (χ1v) is 7.08. The number of aromatic amines is 1. The average molecular weight is 294 g/mol. The van der Waals surface area contributed by atoms with Gasteiger partial charge in [0.1, 0.15) is 11.1 Å². The molecule has 1 aliphatic rings. The van der Waals surface area contributed by atoms with Crippen LogP contribution in [0, 0.1) is 0 Å². The Morgan fingerprint density at radius 3 is 3.18 bits per heavy atom. The molecule has 0 bridgehead atoms. The van der Waals surface area contributed by atoms with Crippen LogP contribution in [-0.2, 0) is 6.42 Å². The zero-order valence-electron chi connectivity index (χ0n) is 12.0. The van der Waals surface area contributed by atoms with E-state index in [2.05, 4.69) is 15.1 Å². The van der Waals surface area contributed by atoms with Crippen molar-refractivity contribution in [1.82, 2.24) is 19.6 Å². The Morgan fingerprint density at radius 2 is 2.32 bits per heavy atom. The van der Waals surface area contributed by atoms with Crippen molar-refractivity contribution in [2.75, 3.05) is 7.11 Å². The van der Waals surface area contributed by atoms with Crippen LogP contribution in [0.2, 0.25) is 0 Å². The van der Waals surface area contributed by atoms with Crippen LogP contribution in [0.25, 0.3) is 17.9 Å². The summed E-state index contributed by atoms with van der Waals surface area (Å²) in [7, 11) is 1.61. The highest BCUT2D eigenvalue weighted by Crippen LogP contribution is 2.12. The molecule has 6 nitrogen and oxygen atoms in total. The van der Waals surface area contributed by atoms with Crippen molar-refractivity contribution < 1.29 is 4.74 Å². The highest BCUT2D eigenvalue weighted by molar-refractivity contribution is 5.51. The van der Waals surface area contributed by atoms with E-state index >= 15 is 0 Å². The lowest BCUT2D eigenvalue weighted by Crippen LogP contribution is -2.28. The largest absolute Gasteiger partial charge is 0.497 e. The minimum Gasteiger partial charge on any atom is -0.497 e. The van der Waals surface area contributed by atoms with Crippen molar-refractivity contribution >= 4 is 17.9 Å². The van der Waals surface area contributed by atoms with Gasteiger partial charge in [0.15, 0.2) is 0 Å². The van der Waals surface area contributed by atoms with Crippen molar-refractivity contribution in [3.8, 4) is 5.75 Å². The van der Waals surface area contributed by atoms with Gasteiger partial charge in [-0.2, -0.15) is 9.61 Å². The quantitative estimate of drug-likeness (QED) is 0.721. The Hall–Kier alpha value is -2.89. The van der Waals surface area contributed by atoms with Gasteiger partial charge >= 0.3 is 0 Å². The number of H-pyrrole nitrogens is 1. The summed E-state index contributed by atoms with van der Waals surface area (Å²) >= 11 is 0. The van der Waals surface area contributed by atoms with Crippen LogP contribution < -0.4 is 21.0 Å². The molecule has 0 atom stereocenters. The van der Waals surface area contributed by atoms with E-state index in [0.29, 0.717) is 11.1 Å². The number of methoxy groups -OCH3 is 1. The van der Waals surface area contributed by atoms with Gasteiger partial charge in [-0.1, -0.05) is 18.2 Å². The summed E-state index contributed by atoms with van der Waals surface area (Å²) in [6, 6.07) is 7.52. The lowest BCUT2D eigenvalue weighted by Gasteiger charge is -2.00. The number of nitrogens with one attached hydrogen (secondary N) is 1. The molecule has 0 unspecified atom stereocenters. The maximum atomic E-state index is 12.2. The summed E-state index contributed by atoms with van der Waals surface area (Å²) in [6.07, 6.45) is 5.64. The molecule has 1 aromatic carbocycles. The maximum Gasteiger partial charge on any atom is 0.276 e. The van der Waals surface area contributed by atoms with Crippen molar-refractivity contribution in [2.24, 2.45) is 0 Å². The molecule has 4 rings (SSSR count). The maximum absolute atomic E-state index is 12.2. The van der Waals surface area contributed by atoms with Gasteiger partial charge in [0.25, 0.3) is 5.56 Å². The lowest BCUT2D eigenvalue weighted by atomic mass is 10.2. The van der Waals surface area contributed by atoms with Gasteiger partial charge in [-0.05, 0) is 36.6 Å². The second-order valence-electron chi connectivity index (χ2n) is 5.18. The van der Waals surface area contributed by atoms with Crippen LogP contribution in [0.15, 0.2) is 29.1 Å². The number of imidazole rings is 1. The van der Waals surface area contributed by atoms with Crippen LogP contribution in [0.4, 0.5) is 0 Å². The van der Waals surface area contributed by atoms with Gasteiger partial charge < -0.3 is 4.74 Å². The first-order valence-electron chi connectivity index (χ1n) is 7.08. The van der Waals surface area contributed by atoms with Crippen molar-refractivity contribution in [3.05, 3.63) is 56.6 Å². The molecular formula is C16H14N4O2. The molecule has 0 amide bonds. The highest BCUT2D eigenvalue weighted by atomic mass is 16.5. The second-order valence-corrected chi connectivity index (χ2v) is 5.18. The number of rotatable bonds is 2. The first-order chi connectivity index (χ1) is 10.7. The topological polar surface area (TPSA) is 72.3 Å². The number of aromatic nitrogens is 4. The molecule has 0 radical (unpaired) electrons. The number of benzene rings is 1. The van der Waals surface area contributed by atoms with E-state index in [4.69, 9.17) is 4.74 Å². The summed E-state index contributed by atoms with van der Waals surface area (Å²) in [5.41, 5.74) is 1.60. The van der Waals surface area contributed by atoms with Crippen molar-refractivity contribution in [3.63, 3.8) is 0 Å². The minimum absolute atomic E-state index is 0.202. The zero-order valence-corrected chi connectivity index (χ0v) is 12.0. The summed E-state index contributed by atoms with van der Waals surface area (Å²) < 4.78 is 6.79. The molecule has 0 saturated heterocycles. The Morgan fingerprint density at radius 1 is 1.41 bits per heavy atom. The molecular weight excluding hydrogens is 280 g/mol. The summed E-state index contributed by atoms with van der Waals surface area (Å²) in [5.74, 6) is 1.21.